The summed E-state index contributed by atoms with van der Waals surface area (Å²) in [6, 6.07) is 5.65. The SMILES string of the molecule is Fc1cccn2nc[c]c12. The van der Waals surface area contributed by atoms with E-state index in [1.165, 1.54) is 16.8 Å². The van der Waals surface area contributed by atoms with E-state index in [0.717, 1.165) is 0 Å². The molecule has 2 aromatic rings. The lowest BCUT2D eigenvalue weighted by molar-refractivity contribution is 0.630. The molecule has 1 radical (unpaired) electrons. The normalized spacial score (nSPS) is 10.5. The number of nitrogens with zero attached hydrogens (tertiary/aromatic N) is 2. The first-order valence-corrected chi connectivity index (χ1v) is 2.87. The first kappa shape index (κ1) is 5.41. The van der Waals surface area contributed by atoms with Crippen molar-refractivity contribution in [2.24, 2.45) is 0 Å². The fourth-order valence-corrected chi connectivity index (χ4v) is 0.855. The summed E-state index contributed by atoms with van der Waals surface area (Å²) in [6.07, 6.45) is 3.12. The summed E-state index contributed by atoms with van der Waals surface area (Å²) >= 11 is 0. The third-order valence-electron chi connectivity index (χ3n) is 1.31. The Morgan fingerprint density at radius 1 is 1.60 bits per heavy atom. The van der Waals surface area contributed by atoms with Crippen LogP contribution >= 0.6 is 0 Å². The molecule has 0 amide bonds. The molecule has 0 bridgehead atoms. The third-order valence-corrected chi connectivity index (χ3v) is 1.31. The number of halogens is 1. The molecule has 2 rings (SSSR count). The number of aromatic nitrogens is 2. The molecule has 0 aliphatic carbocycles. The van der Waals surface area contributed by atoms with Gasteiger partial charge in [-0.1, -0.05) is 0 Å². The lowest BCUT2D eigenvalue weighted by Crippen LogP contribution is -1.86. The molecule has 2 nitrogen and oxygen atoms in total. The molecule has 2 heterocycles. The topological polar surface area (TPSA) is 17.3 Å². The van der Waals surface area contributed by atoms with Crippen molar-refractivity contribution in [2.75, 3.05) is 0 Å². The van der Waals surface area contributed by atoms with Crippen molar-refractivity contribution < 1.29 is 4.39 Å². The molecule has 0 aromatic carbocycles. The molecule has 0 aliphatic rings. The molecule has 49 valence electrons. The van der Waals surface area contributed by atoms with Crippen LogP contribution < -0.4 is 0 Å². The molecular formula is C7H4FN2. The minimum absolute atomic E-state index is 0.292. The summed E-state index contributed by atoms with van der Waals surface area (Å²) in [6.45, 7) is 0. The molecular weight excluding hydrogens is 131 g/mol. The lowest BCUT2D eigenvalue weighted by Gasteiger charge is -1.90. The van der Waals surface area contributed by atoms with Crippen LogP contribution in [0.15, 0.2) is 24.5 Å². The highest BCUT2D eigenvalue weighted by molar-refractivity contribution is 5.44. The van der Waals surface area contributed by atoms with Gasteiger partial charge in [-0.25, -0.2) is 8.91 Å². The van der Waals surface area contributed by atoms with Gasteiger partial charge in [-0.15, -0.1) is 0 Å². The van der Waals surface area contributed by atoms with Gasteiger partial charge in [0.25, 0.3) is 0 Å². The number of fused-ring (bicyclic) bond motifs is 1. The van der Waals surface area contributed by atoms with E-state index in [9.17, 15) is 4.39 Å². The van der Waals surface area contributed by atoms with Crippen LogP contribution in [0, 0.1) is 11.9 Å². The van der Waals surface area contributed by atoms with E-state index in [4.69, 9.17) is 0 Å². The highest BCUT2D eigenvalue weighted by Crippen LogP contribution is 2.05. The molecule has 0 aliphatic heterocycles. The molecule has 2 aromatic heterocycles. The van der Waals surface area contributed by atoms with Gasteiger partial charge in [0.15, 0.2) is 0 Å². The largest absolute Gasteiger partial charge is 0.237 e. The van der Waals surface area contributed by atoms with Crippen molar-refractivity contribution >= 4 is 5.52 Å². The zero-order valence-corrected chi connectivity index (χ0v) is 5.08. The summed E-state index contributed by atoms with van der Waals surface area (Å²) in [7, 11) is 0. The minimum Gasteiger partial charge on any atom is -0.237 e. The van der Waals surface area contributed by atoms with Crippen molar-refractivity contribution in [3.05, 3.63) is 36.4 Å². The lowest BCUT2D eigenvalue weighted by atomic mass is 10.4. The second kappa shape index (κ2) is 1.80. The highest BCUT2D eigenvalue weighted by atomic mass is 19.1. The molecule has 0 unspecified atom stereocenters. The quantitative estimate of drug-likeness (QED) is 0.531. The Labute approximate surface area is 56.9 Å². The van der Waals surface area contributed by atoms with Crippen molar-refractivity contribution in [2.45, 2.75) is 0 Å². The van der Waals surface area contributed by atoms with E-state index in [1.807, 2.05) is 0 Å². The van der Waals surface area contributed by atoms with Crippen LogP contribution in [0.3, 0.4) is 0 Å². The van der Waals surface area contributed by atoms with Crippen LogP contribution in [0.25, 0.3) is 5.52 Å². The van der Waals surface area contributed by atoms with Crippen LogP contribution in [-0.2, 0) is 0 Å². The molecule has 0 saturated heterocycles. The fraction of sp³-hybridized carbons (Fsp3) is 0. The highest BCUT2D eigenvalue weighted by Gasteiger charge is 1.97. The predicted molar refractivity (Wildman–Crippen MR) is 34.0 cm³/mol. The Morgan fingerprint density at radius 3 is 3.30 bits per heavy atom. The van der Waals surface area contributed by atoms with Gasteiger partial charge in [0.1, 0.15) is 11.3 Å². The average Bonchev–Trinajstić information content (AvgIpc) is 2.36. The maximum atomic E-state index is 12.7. The Morgan fingerprint density at radius 2 is 2.50 bits per heavy atom. The van der Waals surface area contributed by atoms with E-state index in [2.05, 4.69) is 11.2 Å². The van der Waals surface area contributed by atoms with Crippen molar-refractivity contribution in [1.82, 2.24) is 9.61 Å². The van der Waals surface area contributed by atoms with Crippen LogP contribution in [0.1, 0.15) is 0 Å². The van der Waals surface area contributed by atoms with Gasteiger partial charge in [0.2, 0.25) is 0 Å². The maximum absolute atomic E-state index is 12.7. The van der Waals surface area contributed by atoms with Gasteiger partial charge < -0.3 is 0 Å². The predicted octanol–water partition coefficient (Wildman–Crippen LogP) is 1.27. The number of hydrogen-bond donors (Lipinski definition) is 0. The first-order chi connectivity index (χ1) is 4.88. The van der Waals surface area contributed by atoms with Gasteiger partial charge in [0.05, 0.1) is 6.20 Å². The standard InChI is InChI=1S/C7H4FN2/c8-6-2-1-5-10-7(6)3-4-9-10/h1-2,4-5H. The van der Waals surface area contributed by atoms with E-state index in [1.54, 1.807) is 12.3 Å². The summed E-state index contributed by atoms with van der Waals surface area (Å²) in [5.41, 5.74) is 0.391. The second-order valence-electron chi connectivity index (χ2n) is 1.94. The summed E-state index contributed by atoms with van der Waals surface area (Å²) in [5.74, 6) is -0.292. The summed E-state index contributed by atoms with van der Waals surface area (Å²) in [5, 5.41) is 3.80. The Bertz CT molecular complexity index is 353. The van der Waals surface area contributed by atoms with Crippen LogP contribution in [0.4, 0.5) is 4.39 Å². The molecule has 0 saturated carbocycles. The number of rotatable bonds is 0. The van der Waals surface area contributed by atoms with E-state index >= 15 is 0 Å². The summed E-state index contributed by atoms with van der Waals surface area (Å²) < 4.78 is 14.2. The van der Waals surface area contributed by atoms with Crippen molar-refractivity contribution in [3.8, 4) is 0 Å². The van der Waals surface area contributed by atoms with Crippen LogP contribution in [-0.4, -0.2) is 9.61 Å². The average molecular weight is 135 g/mol. The zero-order valence-electron chi connectivity index (χ0n) is 5.08. The fourth-order valence-electron chi connectivity index (χ4n) is 0.855. The third kappa shape index (κ3) is 0.603. The van der Waals surface area contributed by atoms with Crippen LogP contribution in [0.2, 0.25) is 0 Å². The molecule has 0 fully saturated rings. The maximum Gasteiger partial charge on any atom is 0.149 e. The van der Waals surface area contributed by atoms with E-state index in [0.29, 0.717) is 5.52 Å². The summed E-state index contributed by atoms with van der Waals surface area (Å²) in [4.78, 5) is 0. The van der Waals surface area contributed by atoms with Crippen molar-refractivity contribution in [3.63, 3.8) is 0 Å². The van der Waals surface area contributed by atoms with E-state index in [-0.39, 0.29) is 5.82 Å². The van der Waals surface area contributed by atoms with Gasteiger partial charge in [0, 0.05) is 12.3 Å². The first-order valence-electron chi connectivity index (χ1n) is 2.87. The van der Waals surface area contributed by atoms with Crippen LogP contribution in [0.5, 0.6) is 0 Å². The molecule has 0 atom stereocenters. The minimum atomic E-state index is -0.292. The molecule has 3 heteroatoms. The molecule has 10 heavy (non-hydrogen) atoms. The Balaban J connectivity index is 2.95. The number of hydrogen-bond acceptors (Lipinski definition) is 1. The molecule has 0 N–H and O–H groups in total. The van der Waals surface area contributed by atoms with Gasteiger partial charge in [-0.2, -0.15) is 5.10 Å². The Kier molecular flexibility index (Phi) is 0.974. The second-order valence-corrected chi connectivity index (χ2v) is 1.94. The molecule has 0 spiro atoms. The van der Waals surface area contributed by atoms with Gasteiger partial charge in [-0.05, 0) is 12.1 Å². The van der Waals surface area contributed by atoms with Gasteiger partial charge in [-0.3, -0.25) is 0 Å². The van der Waals surface area contributed by atoms with E-state index < -0.39 is 0 Å². The number of pyridine rings is 1. The zero-order chi connectivity index (χ0) is 6.97. The monoisotopic (exact) mass is 135 g/mol. The van der Waals surface area contributed by atoms with Gasteiger partial charge >= 0.3 is 0 Å². The van der Waals surface area contributed by atoms with Crippen molar-refractivity contribution in [1.29, 1.82) is 0 Å². The Hall–Kier alpha value is -1.38. The smallest absolute Gasteiger partial charge is 0.149 e.